The lowest BCUT2D eigenvalue weighted by molar-refractivity contribution is -0.121. The molecular weight excluding hydrogens is 405 g/mol. The molecule has 8 heteroatoms. The summed E-state index contributed by atoms with van der Waals surface area (Å²) in [6.45, 7) is 3.43. The summed E-state index contributed by atoms with van der Waals surface area (Å²) in [4.78, 5) is 14.9. The van der Waals surface area contributed by atoms with Crippen molar-refractivity contribution in [1.29, 1.82) is 0 Å². The van der Waals surface area contributed by atoms with E-state index < -0.39 is 16.1 Å². The van der Waals surface area contributed by atoms with Crippen LogP contribution in [0, 0.1) is 5.82 Å². The van der Waals surface area contributed by atoms with Gasteiger partial charge in [-0.1, -0.05) is 6.07 Å². The predicted molar refractivity (Wildman–Crippen MR) is 113 cm³/mol. The minimum Gasteiger partial charge on any atom is -0.325 e. The first-order valence-corrected chi connectivity index (χ1v) is 11.7. The second-order valence-electron chi connectivity index (χ2n) is 7.90. The van der Waals surface area contributed by atoms with Crippen molar-refractivity contribution in [3.63, 3.8) is 0 Å². The lowest BCUT2D eigenvalue weighted by Crippen LogP contribution is -2.53. The first-order chi connectivity index (χ1) is 14.3. The van der Waals surface area contributed by atoms with Gasteiger partial charge in [0.05, 0.1) is 10.9 Å². The van der Waals surface area contributed by atoms with E-state index in [9.17, 15) is 17.6 Å². The molecule has 1 amide bonds. The number of sulfonamides is 1. The van der Waals surface area contributed by atoms with E-state index in [2.05, 4.69) is 5.32 Å². The Morgan fingerprint density at radius 1 is 1.00 bits per heavy atom. The van der Waals surface area contributed by atoms with Crippen molar-refractivity contribution in [1.82, 2.24) is 9.21 Å². The third-order valence-electron chi connectivity index (χ3n) is 6.02. The van der Waals surface area contributed by atoms with Gasteiger partial charge >= 0.3 is 0 Å². The molecule has 6 nitrogen and oxygen atoms in total. The van der Waals surface area contributed by atoms with Gasteiger partial charge in [0.2, 0.25) is 15.9 Å². The van der Waals surface area contributed by atoms with E-state index in [1.165, 1.54) is 34.1 Å². The zero-order chi connectivity index (χ0) is 21.3. The van der Waals surface area contributed by atoms with Gasteiger partial charge in [0, 0.05) is 31.9 Å². The van der Waals surface area contributed by atoms with E-state index in [0.29, 0.717) is 36.8 Å². The molecule has 0 aromatic heterocycles. The number of carbonyl (C=O) groups excluding carboxylic acids is 1. The first kappa shape index (κ1) is 21.0. The molecular formula is C22H26FN3O3S. The van der Waals surface area contributed by atoms with Gasteiger partial charge in [-0.2, -0.15) is 4.31 Å². The van der Waals surface area contributed by atoms with Crippen LogP contribution < -0.4 is 5.32 Å². The summed E-state index contributed by atoms with van der Waals surface area (Å²) in [7, 11) is -3.54. The van der Waals surface area contributed by atoms with Crippen molar-refractivity contribution in [2.24, 2.45) is 0 Å². The number of nitrogens with zero attached hydrogens (tertiary/aromatic N) is 2. The first-order valence-electron chi connectivity index (χ1n) is 10.3. The Balaban J connectivity index is 1.37. The van der Waals surface area contributed by atoms with Gasteiger partial charge in [-0.3, -0.25) is 9.69 Å². The number of amides is 1. The quantitative estimate of drug-likeness (QED) is 0.790. The number of nitrogens with one attached hydrogen (secondary N) is 1. The van der Waals surface area contributed by atoms with Crippen LogP contribution >= 0.6 is 0 Å². The highest BCUT2D eigenvalue weighted by molar-refractivity contribution is 7.89. The number of hydrogen-bond donors (Lipinski definition) is 1. The lowest BCUT2D eigenvalue weighted by Gasteiger charge is -2.36. The summed E-state index contributed by atoms with van der Waals surface area (Å²) in [5.74, 6) is -0.557. The number of halogens is 1. The maximum Gasteiger partial charge on any atom is 0.243 e. The highest BCUT2D eigenvalue weighted by atomic mass is 32.2. The van der Waals surface area contributed by atoms with Crippen molar-refractivity contribution < 1.29 is 17.6 Å². The van der Waals surface area contributed by atoms with Crippen LogP contribution in [0.15, 0.2) is 47.4 Å². The SMILES string of the molecule is C[C@H](C(=O)Nc1ccc(F)cc1)N1CCN(S(=O)(=O)c2ccc3c(c2)CCC3)CC1. The molecule has 0 unspecified atom stereocenters. The molecule has 2 aliphatic rings. The zero-order valence-electron chi connectivity index (χ0n) is 17.0. The zero-order valence-corrected chi connectivity index (χ0v) is 17.8. The molecule has 0 radical (unpaired) electrons. The van der Waals surface area contributed by atoms with Gasteiger partial charge < -0.3 is 5.32 Å². The molecule has 160 valence electrons. The molecule has 1 fully saturated rings. The average Bonchev–Trinajstić information content (AvgIpc) is 3.23. The molecule has 1 N–H and O–H groups in total. The summed E-state index contributed by atoms with van der Waals surface area (Å²) >= 11 is 0. The van der Waals surface area contributed by atoms with E-state index in [1.54, 1.807) is 13.0 Å². The van der Waals surface area contributed by atoms with Crippen LogP contribution in [0.1, 0.15) is 24.5 Å². The molecule has 1 aliphatic heterocycles. The average molecular weight is 432 g/mol. The smallest absolute Gasteiger partial charge is 0.243 e. The van der Waals surface area contributed by atoms with Crippen LogP contribution in [-0.2, 0) is 27.7 Å². The van der Waals surface area contributed by atoms with Crippen molar-refractivity contribution in [2.45, 2.75) is 37.1 Å². The highest BCUT2D eigenvalue weighted by Gasteiger charge is 2.32. The van der Waals surface area contributed by atoms with Crippen LogP contribution in [0.25, 0.3) is 0 Å². The van der Waals surface area contributed by atoms with Crippen LogP contribution in [0.4, 0.5) is 10.1 Å². The van der Waals surface area contributed by atoms with E-state index in [-0.39, 0.29) is 11.7 Å². The normalized spacial score (nSPS) is 18.7. The molecule has 1 saturated heterocycles. The summed E-state index contributed by atoms with van der Waals surface area (Å²) in [6.07, 6.45) is 3.04. The Morgan fingerprint density at radius 3 is 2.37 bits per heavy atom. The fraction of sp³-hybridized carbons (Fsp3) is 0.409. The fourth-order valence-corrected chi connectivity index (χ4v) is 5.61. The third-order valence-corrected chi connectivity index (χ3v) is 7.91. The summed E-state index contributed by atoms with van der Waals surface area (Å²) < 4.78 is 40.7. The van der Waals surface area contributed by atoms with Gasteiger partial charge in [0.1, 0.15) is 5.82 Å². The van der Waals surface area contributed by atoms with Crippen molar-refractivity contribution in [3.8, 4) is 0 Å². The number of piperazine rings is 1. The lowest BCUT2D eigenvalue weighted by atomic mass is 10.1. The van der Waals surface area contributed by atoms with Crippen LogP contribution in [-0.4, -0.2) is 55.8 Å². The monoisotopic (exact) mass is 431 g/mol. The number of carbonyl (C=O) groups is 1. The van der Waals surface area contributed by atoms with Crippen molar-refractivity contribution in [2.75, 3.05) is 31.5 Å². The molecule has 30 heavy (non-hydrogen) atoms. The maximum absolute atomic E-state index is 13.1. The Bertz CT molecular complexity index is 1030. The maximum atomic E-state index is 13.1. The molecule has 4 rings (SSSR count). The van der Waals surface area contributed by atoms with Gasteiger partial charge in [-0.25, -0.2) is 12.8 Å². The minimum absolute atomic E-state index is 0.198. The fourth-order valence-electron chi connectivity index (χ4n) is 4.13. The van der Waals surface area contributed by atoms with Crippen LogP contribution in [0.5, 0.6) is 0 Å². The second kappa shape index (κ2) is 8.45. The van der Waals surface area contributed by atoms with Crippen LogP contribution in [0.2, 0.25) is 0 Å². The number of benzene rings is 2. The number of rotatable bonds is 5. The second-order valence-corrected chi connectivity index (χ2v) is 9.83. The largest absolute Gasteiger partial charge is 0.325 e. The van der Waals surface area contributed by atoms with Gasteiger partial charge in [-0.05, 0) is 73.7 Å². The Kier molecular flexibility index (Phi) is 5.90. The summed E-state index contributed by atoms with van der Waals surface area (Å²) in [6, 6.07) is 10.7. The molecule has 0 bridgehead atoms. The van der Waals surface area contributed by atoms with E-state index in [4.69, 9.17) is 0 Å². The molecule has 0 spiro atoms. The number of hydrogen-bond acceptors (Lipinski definition) is 4. The van der Waals surface area contributed by atoms with Crippen molar-refractivity contribution >= 4 is 21.6 Å². The van der Waals surface area contributed by atoms with Gasteiger partial charge in [-0.15, -0.1) is 0 Å². The van der Waals surface area contributed by atoms with Gasteiger partial charge in [0.15, 0.2) is 0 Å². The topological polar surface area (TPSA) is 69.7 Å². The molecule has 1 heterocycles. The Hall–Kier alpha value is -2.29. The molecule has 0 saturated carbocycles. The molecule has 2 aromatic carbocycles. The Morgan fingerprint density at radius 2 is 1.67 bits per heavy atom. The summed E-state index contributed by atoms with van der Waals surface area (Å²) in [5.41, 5.74) is 2.92. The van der Waals surface area contributed by atoms with Crippen LogP contribution in [0.3, 0.4) is 0 Å². The summed E-state index contributed by atoms with van der Waals surface area (Å²) in [5, 5.41) is 2.78. The standard InChI is InChI=1S/C22H26FN3O3S/c1-16(22(27)24-20-8-6-19(23)7-9-20)25-11-13-26(14-12-25)30(28,29)21-10-5-17-3-2-4-18(17)15-21/h5-10,15-16H,2-4,11-14H2,1H3,(H,24,27)/t16-/m1/s1. The number of anilines is 1. The highest BCUT2D eigenvalue weighted by Crippen LogP contribution is 2.27. The number of fused-ring (bicyclic) bond motifs is 1. The molecule has 1 aliphatic carbocycles. The van der Waals surface area contributed by atoms with Gasteiger partial charge in [0.25, 0.3) is 0 Å². The number of aryl methyl sites for hydroxylation is 2. The third kappa shape index (κ3) is 4.26. The minimum atomic E-state index is -3.54. The molecule has 2 aromatic rings. The van der Waals surface area contributed by atoms with E-state index >= 15 is 0 Å². The van der Waals surface area contributed by atoms with Crippen molar-refractivity contribution in [3.05, 3.63) is 59.4 Å². The molecule has 1 atom stereocenters. The van der Waals surface area contributed by atoms with E-state index in [0.717, 1.165) is 24.8 Å². The predicted octanol–water partition coefficient (Wildman–Crippen LogP) is 2.65. The Labute approximate surface area is 176 Å². The van der Waals surface area contributed by atoms with E-state index in [1.807, 2.05) is 17.0 Å².